The number of benzene rings is 4. The summed E-state index contributed by atoms with van der Waals surface area (Å²) in [5.74, 6) is 2.67. The molecule has 0 fully saturated rings. The number of hydrogen-bond donors (Lipinski definition) is 1. The highest BCUT2D eigenvalue weighted by molar-refractivity contribution is 6.09. The minimum absolute atomic E-state index is 0.151. The topological polar surface area (TPSA) is 69.4 Å². The van der Waals surface area contributed by atoms with Crippen LogP contribution in [0.25, 0.3) is 49.3 Å². The summed E-state index contributed by atoms with van der Waals surface area (Å²) >= 11 is 0. The Balaban J connectivity index is 1.37. The summed E-state index contributed by atoms with van der Waals surface area (Å²) in [7, 11) is 1.65. The van der Waals surface area contributed by atoms with Gasteiger partial charge in [-0.2, -0.15) is 0 Å². The van der Waals surface area contributed by atoms with E-state index in [1.54, 1.807) is 13.3 Å². The number of fused-ring (bicyclic) bond motifs is 5. The molecule has 6 nitrogen and oxygen atoms in total. The van der Waals surface area contributed by atoms with Crippen molar-refractivity contribution in [1.82, 2.24) is 14.5 Å². The van der Waals surface area contributed by atoms with Gasteiger partial charge in [0, 0.05) is 45.9 Å². The number of nitrogens with zero attached hydrogens (tertiary/aromatic N) is 3. The number of phenols is 1. The van der Waals surface area contributed by atoms with E-state index in [1.807, 2.05) is 78.9 Å². The minimum Gasteiger partial charge on any atom is -0.505 e. The van der Waals surface area contributed by atoms with E-state index in [0.717, 1.165) is 49.5 Å². The van der Waals surface area contributed by atoms with Gasteiger partial charge in [-0.1, -0.05) is 42.5 Å². The lowest BCUT2D eigenvalue weighted by Gasteiger charge is -2.10. The maximum absolute atomic E-state index is 10.9. The van der Waals surface area contributed by atoms with E-state index >= 15 is 0 Å². The van der Waals surface area contributed by atoms with E-state index in [0.29, 0.717) is 17.1 Å². The van der Waals surface area contributed by atoms with E-state index in [2.05, 4.69) is 32.7 Å². The quantitative estimate of drug-likeness (QED) is 0.264. The summed E-state index contributed by atoms with van der Waals surface area (Å²) in [6.45, 7) is 0. The van der Waals surface area contributed by atoms with Gasteiger partial charge in [0.15, 0.2) is 0 Å². The standard InChI is InChI=1S/C31H21N3O3/c1-36-21-14-15-32-28(18-21)34-26-9-5-4-8-24(26)25-12-11-22(17-27(25)34)37-29-13-10-20-16-19-6-2-3-7-23(19)31(35)30(20)33-29/h2-18,35H,1H3. The van der Waals surface area contributed by atoms with Gasteiger partial charge in [0.05, 0.1) is 18.1 Å². The molecule has 6 heteroatoms. The summed E-state index contributed by atoms with van der Waals surface area (Å²) < 4.78 is 13.8. The van der Waals surface area contributed by atoms with Gasteiger partial charge in [-0.15, -0.1) is 0 Å². The number of hydrogen-bond acceptors (Lipinski definition) is 5. The highest BCUT2D eigenvalue weighted by Gasteiger charge is 2.15. The molecule has 0 aliphatic rings. The largest absolute Gasteiger partial charge is 0.505 e. The lowest BCUT2D eigenvalue weighted by atomic mass is 10.1. The molecule has 0 spiro atoms. The normalized spacial score (nSPS) is 11.5. The zero-order valence-corrected chi connectivity index (χ0v) is 19.9. The van der Waals surface area contributed by atoms with Crippen LogP contribution in [0.1, 0.15) is 0 Å². The molecule has 37 heavy (non-hydrogen) atoms. The fourth-order valence-corrected chi connectivity index (χ4v) is 4.98. The first-order chi connectivity index (χ1) is 18.2. The van der Waals surface area contributed by atoms with E-state index in [4.69, 9.17) is 9.47 Å². The Kier molecular flexibility index (Phi) is 4.72. The molecule has 4 aromatic carbocycles. The average molecular weight is 484 g/mol. The Morgan fingerprint density at radius 3 is 2.41 bits per heavy atom. The molecule has 0 unspecified atom stereocenters. The SMILES string of the molecule is COc1ccnc(-n2c3ccccc3c3ccc(Oc4ccc5cc6ccccc6c(O)c5n4)cc32)c1. The smallest absolute Gasteiger partial charge is 0.219 e. The van der Waals surface area contributed by atoms with Gasteiger partial charge in [0.25, 0.3) is 0 Å². The first-order valence-corrected chi connectivity index (χ1v) is 11.9. The van der Waals surface area contributed by atoms with Crippen molar-refractivity contribution >= 4 is 43.5 Å². The number of aromatic hydroxyl groups is 1. The summed E-state index contributed by atoms with van der Waals surface area (Å²) in [4.78, 5) is 9.25. The van der Waals surface area contributed by atoms with Crippen molar-refractivity contribution in [2.75, 3.05) is 7.11 Å². The van der Waals surface area contributed by atoms with Gasteiger partial charge in [0.1, 0.15) is 28.6 Å². The molecule has 7 aromatic rings. The Labute approximate surface area is 212 Å². The molecule has 0 aliphatic carbocycles. The third-order valence-corrected chi connectivity index (χ3v) is 6.70. The Hall–Kier alpha value is -5.10. The molecule has 0 saturated heterocycles. The Bertz CT molecular complexity index is 1980. The lowest BCUT2D eigenvalue weighted by Crippen LogP contribution is -1.98. The summed E-state index contributed by atoms with van der Waals surface area (Å²) in [6.07, 6.45) is 1.74. The third kappa shape index (κ3) is 3.42. The first-order valence-electron chi connectivity index (χ1n) is 11.9. The highest BCUT2D eigenvalue weighted by Crippen LogP contribution is 2.37. The maximum atomic E-state index is 10.9. The number of aromatic nitrogens is 3. The molecule has 7 rings (SSSR count). The highest BCUT2D eigenvalue weighted by atomic mass is 16.5. The second-order valence-corrected chi connectivity index (χ2v) is 8.85. The minimum atomic E-state index is 0.151. The Morgan fingerprint density at radius 1 is 0.703 bits per heavy atom. The van der Waals surface area contributed by atoms with Crippen LogP contribution in [0.2, 0.25) is 0 Å². The van der Waals surface area contributed by atoms with Crippen LogP contribution in [0, 0.1) is 0 Å². The molecule has 0 radical (unpaired) electrons. The van der Waals surface area contributed by atoms with Crippen LogP contribution < -0.4 is 9.47 Å². The molecule has 3 aromatic heterocycles. The summed E-state index contributed by atoms with van der Waals surface area (Å²) in [6, 6.07) is 31.4. The van der Waals surface area contributed by atoms with E-state index in [1.165, 1.54) is 0 Å². The van der Waals surface area contributed by atoms with Crippen LogP contribution in [-0.2, 0) is 0 Å². The maximum Gasteiger partial charge on any atom is 0.219 e. The fourth-order valence-electron chi connectivity index (χ4n) is 4.98. The van der Waals surface area contributed by atoms with Gasteiger partial charge < -0.3 is 14.6 Å². The van der Waals surface area contributed by atoms with Crippen molar-refractivity contribution in [2.45, 2.75) is 0 Å². The van der Waals surface area contributed by atoms with Crippen LogP contribution in [0.4, 0.5) is 0 Å². The molecule has 0 bridgehead atoms. The second-order valence-electron chi connectivity index (χ2n) is 8.85. The lowest BCUT2D eigenvalue weighted by molar-refractivity contribution is 0.414. The van der Waals surface area contributed by atoms with Gasteiger partial charge in [-0.25, -0.2) is 9.97 Å². The molecule has 0 atom stereocenters. The molecular weight excluding hydrogens is 462 g/mol. The monoisotopic (exact) mass is 483 g/mol. The van der Waals surface area contributed by atoms with Gasteiger partial charge in [0.2, 0.25) is 5.88 Å². The fraction of sp³-hybridized carbons (Fsp3) is 0.0323. The molecular formula is C31H21N3O3. The van der Waals surface area contributed by atoms with Gasteiger partial charge in [-0.3, -0.25) is 4.57 Å². The molecule has 178 valence electrons. The molecule has 3 heterocycles. The molecule has 0 amide bonds. The van der Waals surface area contributed by atoms with Crippen LogP contribution >= 0.6 is 0 Å². The third-order valence-electron chi connectivity index (χ3n) is 6.70. The first kappa shape index (κ1) is 21.2. The molecule has 0 saturated carbocycles. The van der Waals surface area contributed by atoms with Crippen LogP contribution in [-0.4, -0.2) is 26.8 Å². The van der Waals surface area contributed by atoms with E-state index < -0.39 is 0 Å². The Morgan fingerprint density at radius 2 is 1.51 bits per heavy atom. The van der Waals surface area contributed by atoms with Crippen molar-refractivity contribution in [2.24, 2.45) is 0 Å². The molecule has 0 aliphatic heterocycles. The van der Waals surface area contributed by atoms with Crippen molar-refractivity contribution in [3.8, 4) is 28.9 Å². The number of pyridine rings is 2. The number of para-hydroxylation sites is 1. The van der Waals surface area contributed by atoms with Gasteiger partial charge in [-0.05, 0) is 41.8 Å². The predicted octanol–water partition coefficient (Wildman–Crippen LogP) is 7.39. The van der Waals surface area contributed by atoms with Crippen molar-refractivity contribution < 1.29 is 14.6 Å². The molecule has 1 N–H and O–H groups in total. The zero-order chi connectivity index (χ0) is 24.9. The van der Waals surface area contributed by atoms with Crippen LogP contribution in [0.3, 0.4) is 0 Å². The number of ether oxygens (including phenoxy) is 2. The van der Waals surface area contributed by atoms with Crippen molar-refractivity contribution in [1.29, 1.82) is 0 Å². The number of rotatable bonds is 4. The van der Waals surface area contributed by atoms with E-state index in [9.17, 15) is 5.11 Å². The van der Waals surface area contributed by atoms with Crippen LogP contribution in [0.5, 0.6) is 23.1 Å². The van der Waals surface area contributed by atoms with E-state index in [-0.39, 0.29) is 5.75 Å². The average Bonchev–Trinajstić information content (AvgIpc) is 3.27. The van der Waals surface area contributed by atoms with Crippen molar-refractivity contribution in [3.05, 3.63) is 103 Å². The van der Waals surface area contributed by atoms with Crippen LogP contribution in [0.15, 0.2) is 103 Å². The summed E-state index contributed by atoms with van der Waals surface area (Å²) in [5, 5.41) is 15.7. The van der Waals surface area contributed by atoms with Gasteiger partial charge >= 0.3 is 0 Å². The number of phenolic OH excluding ortho intramolecular Hbond substituents is 1. The zero-order valence-electron chi connectivity index (χ0n) is 19.9. The predicted molar refractivity (Wildman–Crippen MR) is 146 cm³/mol. The second kappa shape index (κ2) is 8.24. The van der Waals surface area contributed by atoms with Crippen molar-refractivity contribution in [3.63, 3.8) is 0 Å². The summed E-state index contributed by atoms with van der Waals surface area (Å²) in [5.41, 5.74) is 2.50. The number of methoxy groups -OCH3 is 1.